The van der Waals surface area contributed by atoms with Gasteiger partial charge in [-0.1, -0.05) is 23.7 Å². The first-order valence-electron chi connectivity index (χ1n) is 6.37. The summed E-state index contributed by atoms with van der Waals surface area (Å²) < 4.78 is 0. The van der Waals surface area contributed by atoms with Crippen LogP contribution in [0.2, 0.25) is 5.02 Å². The van der Waals surface area contributed by atoms with Crippen molar-refractivity contribution in [1.29, 1.82) is 0 Å². The molecule has 0 spiro atoms. The first-order chi connectivity index (χ1) is 8.16. The Bertz CT molecular complexity index is 359. The number of benzene rings is 1. The van der Waals surface area contributed by atoms with Crippen LogP contribution in [0.25, 0.3) is 0 Å². The zero-order valence-corrected chi connectivity index (χ0v) is 11.4. The summed E-state index contributed by atoms with van der Waals surface area (Å²) in [7, 11) is 0. The van der Waals surface area contributed by atoms with Crippen LogP contribution < -0.4 is 5.32 Å². The molecule has 0 bridgehead atoms. The maximum atomic E-state index is 6.04. The summed E-state index contributed by atoms with van der Waals surface area (Å²) in [6.07, 6.45) is 1.25. The highest BCUT2D eigenvalue weighted by Gasteiger charge is 2.24. The topological polar surface area (TPSA) is 15.3 Å². The molecule has 1 fully saturated rings. The third-order valence-electron chi connectivity index (χ3n) is 3.42. The smallest absolute Gasteiger partial charge is 0.0409 e. The highest BCUT2D eigenvalue weighted by molar-refractivity contribution is 6.30. The summed E-state index contributed by atoms with van der Waals surface area (Å²) in [4.78, 5) is 2.56. The molecule has 1 N–H and O–H groups in total. The van der Waals surface area contributed by atoms with Crippen LogP contribution in [0.5, 0.6) is 0 Å². The average Bonchev–Trinajstić information content (AvgIpc) is 2.78. The first-order valence-corrected chi connectivity index (χ1v) is 6.75. The van der Waals surface area contributed by atoms with Crippen molar-refractivity contribution in [3.63, 3.8) is 0 Å². The number of nitrogens with zero attached hydrogens (tertiary/aromatic N) is 1. The van der Waals surface area contributed by atoms with E-state index in [1.807, 2.05) is 12.1 Å². The maximum absolute atomic E-state index is 6.04. The highest BCUT2D eigenvalue weighted by atomic mass is 35.5. The van der Waals surface area contributed by atoms with Crippen LogP contribution in [0.1, 0.15) is 25.8 Å². The Labute approximate surface area is 109 Å². The van der Waals surface area contributed by atoms with Crippen molar-refractivity contribution in [2.24, 2.45) is 0 Å². The standard InChI is InChI=1S/C14H21ClN2/c1-11(2)17(14-6-7-16-9-14)10-12-4-3-5-13(15)8-12/h3-5,8,11,14,16H,6-7,9-10H2,1-2H3/t14-/m0/s1. The molecule has 0 saturated carbocycles. The summed E-state index contributed by atoms with van der Waals surface area (Å²) in [6, 6.07) is 9.42. The second-order valence-electron chi connectivity index (χ2n) is 5.04. The Balaban J connectivity index is 2.07. The molecule has 0 unspecified atom stereocenters. The molecule has 1 aromatic carbocycles. The maximum Gasteiger partial charge on any atom is 0.0409 e. The Hall–Kier alpha value is -0.570. The SMILES string of the molecule is CC(C)N(Cc1cccc(Cl)c1)[C@H]1CCNC1. The van der Waals surface area contributed by atoms with Gasteiger partial charge in [-0.25, -0.2) is 0 Å². The number of rotatable bonds is 4. The van der Waals surface area contributed by atoms with Crippen molar-refractivity contribution in [2.75, 3.05) is 13.1 Å². The van der Waals surface area contributed by atoms with Gasteiger partial charge in [0, 0.05) is 30.2 Å². The Morgan fingerprint density at radius 3 is 2.88 bits per heavy atom. The van der Waals surface area contributed by atoms with E-state index in [9.17, 15) is 0 Å². The minimum atomic E-state index is 0.568. The van der Waals surface area contributed by atoms with Crippen molar-refractivity contribution in [3.05, 3.63) is 34.9 Å². The summed E-state index contributed by atoms with van der Waals surface area (Å²) >= 11 is 6.04. The van der Waals surface area contributed by atoms with Gasteiger partial charge in [-0.2, -0.15) is 0 Å². The van der Waals surface area contributed by atoms with Gasteiger partial charge < -0.3 is 5.32 Å². The normalized spacial score (nSPS) is 20.4. The summed E-state index contributed by atoms with van der Waals surface area (Å²) in [5, 5.41) is 4.27. The predicted molar refractivity (Wildman–Crippen MR) is 73.4 cm³/mol. The van der Waals surface area contributed by atoms with Gasteiger partial charge in [-0.3, -0.25) is 4.90 Å². The molecule has 3 heteroatoms. The number of nitrogens with one attached hydrogen (secondary N) is 1. The lowest BCUT2D eigenvalue weighted by atomic mass is 10.1. The zero-order valence-electron chi connectivity index (χ0n) is 10.6. The van der Waals surface area contributed by atoms with E-state index in [1.165, 1.54) is 12.0 Å². The highest BCUT2D eigenvalue weighted by Crippen LogP contribution is 2.18. The quantitative estimate of drug-likeness (QED) is 0.887. The number of halogens is 1. The van der Waals surface area contributed by atoms with Crippen molar-refractivity contribution >= 4 is 11.6 Å². The van der Waals surface area contributed by atoms with E-state index < -0.39 is 0 Å². The Morgan fingerprint density at radius 1 is 1.47 bits per heavy atom. The fourth-order valence-corrected chi connectivity index (χ4v) is 2.71. The van der Waals surface area contributed by atoms with Crippen LogP contribution >= 0.6 is 11.6 Å². The number of hydrogen-bond acceptors (Lipinski definition) is 2. The van der Waals surface area contributed by atoms with E-state index in [0.717, 1.165) is 24.7 Å². The number of hydrogen-bond donors (Lipinski definition) is 1. The third-order valence-corrected chi connectivity index (χ3v) is 3.66. The van der Waals surface area contributed by atoms with Gasteiger partial charge in [0.2, 0.25) is 0 Å². The molecule has 0 amide bonds. The Kier molecular flexibility index (Phi) is 4.43. The lowest BCUT2D eigenvalue weighted by Crippen LogP contribution is -2.41. The molecule has 94 valence electrons. The van der Waals surface area contributed by atoms with E-state index in [1.54, 1.807) is 0 Å². The van der Waals surface area contributed by atoms with E-state index in [-0.39, 0.29) is 0 Å². The molecule has 1 atom stereocenters. The summed E-state index contributed by atoms with van der Waals surface area (Å²) in [5.74, 6) is 0. The second kappa shape index (κ2) is 5.85. The van der Waals surface area contributed by atoms with E-state index in [0.29, 0.717) is 12.1 Å². The minimum Gasteiger partial charge on any atom is -0.315 e. The van der Waals surface area contributed by atoms with Gasteiger partial charge in [0.25, 0.3) is 0 Å². The molecule has 0 radical (unpaired) electrons. The van der Waals surface area contributed by atoms with Crippen LogP contribution in [0.4, 0.5) is 0 Å². The molecule has 1 aliphatic rings. The third kappa shape index (κ3) is 3.44. The van der Waals surface area contributed by atoms with Crippen LogP contribution in [0, 0.1) is 0 Å². The molecular weight excluding hydrogens is 232 g/mol. The average molecular weight is 253 g/mol. The van der Waals surface area contributed by atoms with Gasteiger partial charge in [-0.15, -0.1) is 0 Å². The Morgan fingerprint density at radius 2 is 2.29 bits per heavy atom. The van der Waals surface area contributed by atoms with Crippen molar-refractivity contribution in [2.45, 2.75) is 38.9 Å². The zero-order chi connectivity index (χ0) is 12.3. The van der Waals surface area contributed by atoms with Crippen molar-refractivity contribution < 1.29 is 0 Å². The largest absolute Gasteiger partial charge is 0.315 e. The molecular formula is C14H21ClN2. The monoisotopic (exact) mass is 252 g/mol. The van der Waals surface area contributed by atoms with Crippen molar-refractivity contribution in [1.82, 2.24) is 10.2 Å². The fraction of sp³-hybridized carbons (Fsp3) is 0.571. The molecule has 17 heavy (non-hydrogen) atoms. The summed E-state index contributed by atoms with van der Waals surface area (Å²) in [6.45, 7) is 7.78. The lowest BCUT2D eigenvalue weighted by Gasteiger charge is -2.32. The molecule has 0 aliphatic carbocycles. The van der Waals surface area contributed by atoms with Crippen LogP contribution in [0.15, 0.2) is 24.3 Å². The van der Waals surface area contributed by atoms with Crippen LogP contribution in [-0.4, -0.2) is 30.1 Å². The molecule has 1 saturated heterocycles. The van der Waals surface area contributed by atoms with E-state index >= 15 is 0 Å². The van der Waals surface area contributed by atoms with Gasteiger partial charge in [-0.05, 0) is 44.5 Å². The fourth-order valence-electron chi connectivity index (χ4n) is 2.50. The van der Waals surface area contributed by atoms with Gasteiger partial charge in [0.1, 0.15) is 0 Å². The minimum absolute atomic E-state index is 0.568. The van der Waals surface area contributed by atoms with E-state index in [2.05, 4.69) is 36.2 Å². The molecule has 2 rings (SSSR count). The molecule has 1 aliphatic heterocycles. The van der Waals surface area contributed by atoms with Crippen molar-refractivity contribution in [3.8, 4) is 0 Å². The lowest BCUT2D eigenvalue weighted by molar-refractivity contribution is 0.154. The molecule has 1 heterocycles. The predicted octanol–water partition coefficient (Wildman–Crippen LogP) is 2.91. The van der Waals surface area contributed by atoms with Crippen LogP contribution in [-0.2, 0) is 6.54 Å². The summed E-state index contributed by atoms with van der Waals surface area (Å²) in [5.41, 5.74) is 1.30. The first kappa shape index (κ1) is 12.9. The van der Waals surface area contributed by atoms with Gasteiger partial charge in [0.15, 0.2) is 0 Å². The molecule has 1 aromatic rings. The molecule has 2 nitrogen and oxygen atoms in total. The van der Waals surface area contributed by atoms with Gasteiger partial charge >= 0.3 is 0 Å². The van der Waals surface area contributed by atoms with Gasteiger partial charge in [0.05, 0.1) is 0 Å². The van der Waals surface area contributed by atoms with Crippen LogP contribution in [0.3, 0.4) is 0 Å². The molecule has 0 aromatic heterocycles. The van der Waals surface area contributed by atoms with E-state index in [4.69, 9.17) is 11.6 Å². The second-order valence-corrected chi connectivity index (χ2v) is 5.48.